The van der Waals surface area contributed by atoms with Crippen LogP contribution >= 0.6 is 11.3 Å². The van der Waals surface area contributed by atoms with Gasteiger partial charge in [0.25, 0.3) is 5.91 Å². The fourth-order valence-electron chi connectivity index (χ4n) is 3.48. The van der Waals surface area contributed by atoms with E-state index in [1.165, 1.54) is 4.88 Å². The number of thiophene rings is 1. The Morgan fingerprint density at radius 3 is 2.58 bits per heavy atom. The maximum atomic E-state index is 12.9. The van der Waals surface area contributed by atoms with E-state index in [9.17, 15) is 9.59 Å². The highest BCUT2D eigenvalue weighted by Gasteiger charge is 2.08. The van der Waals surface area contributed by atoms with Crippen LogP contribution in [0.4, 0.5) is 5.69 Å². The van der Waals surface area contributed by atoms with Gasteiger partial charge in [0.1, 0.15) is 5.49 Å². The standard InChI is InChI=1S/C27H25N3O2S/c31-26(16-7-13-24-14-8-18-33-24)28-23-12-6-11-22(19-23)27(32)29-25-15-4-5-17-30(25)20-21-9-2-1-3-10-21/h1-6,8-12,14-15,17-19H,7,13,16,20H2,(H,28,31). The average Bonchev–Trinajstić information content (AvgIpc) is 3.35. The number of pyridine rings is 1. The highest BCUT2D eigenvalue weighted by molar-refractivity contribution is 7.09. The van der Waals surface area contributed by atoms with Crippen molar-refractivity contribution in [3.05, 3.63) is 118 Å². The van der Waals surface area contributed by atoms with Gasteiger partial charge in [0.15, 0.2) is 0 Å². The smallest absolute Gasteiger partial charge is 0.279 e. The Balaban J connectivity index is 1.42. The van der Waals surface area contributed by atoms with Crippen LogP contribution in [-0.2, 0) is 17.8 Å². The van der Waals surface area contributed by atoms with Crippen molar-refractivity contribution in [1.82, 2.24) is 4.57 Å². The number of aryl methyl sites for hydroxylation is 1. The molecule has 166 valence electrons. The van der Waals surface area contributed by atoms with Crippen LogP contribution in [-0.4, -0.2) is 16.4 Å². The van der Waals surface area contributed by atoms with Crippen molar-refractivity contribution in [2.75, 3.05) is 5.32 Å². The first-order chi connectivity index (χ1) is 16.2. The van der Waals surface area contributed by atoms with E-state index in [1.54, 1.807) is 35.6 Å². The van der Waals surface area contributed by atoms with Gasteiger partial charge in [0.2, 0.25) is 5.91 Å². The van der Waals surface area contributed by atoms with Gasteiger partial charge in [0.05, 0.1) is 0 Å². The highest BCUT2D eigenvalue weighted by atomic mass is 32.1. The van der Waals surface area contributed by atoms with Crippen LogP contribution < -0.4 is 10.8 Å². The maximum Gasteiger partial charge on any atom is 0.279 e. The van der Waals surface area contributed by atoms with Crippen molar-refractivity contribution in [2.45, 2.75) is 25.8 Å². The number of hydrogen-bond acceptors (Lipinski definition) is 3. The first-order valence-electron chi connectivity index (χ1n) is 10.9. The molecule has 4 aromatic rings. The monoisotopic (exact) mass is 455 g/mol. The minimum Gasteiger partial charge on any atom is -0.328 e. The summed E-state index contributed by atoms with van der Waals surface area (Å²) < 4.78 is 1.94. The summed E-state index contributed by atoms with van der Waals surface area (Å²) in [6.07, 6.45) is 4.02. The van der Waals surface area contributed by atoms with E-state index < -0.39 is 0 Å². The van der Waals surface area contributed by atoms with E-state index in [1.807, 2.05) is 70.7 Å². The Hall–Kier alpha value is -3.77. The van der Waals surface area contributed by atoms with Crippen molar-refractivity contribution in [3.63, 3.8) is 0 Å². The van der Waals surface area contributed by atoms with Crippen LogP contribution in [0, 0.1) is 0 Å². The largest absolute Gasteiger partial charge is 0.328 e. The fraction of sp³-hybridized carbons (Fsp3) is 0.148. The molecule has 4 rings (SSSR count). The van der Waals surface area contributed by atoms with Gasteiger partial charge in [-0.05, 0) is 60.2 Å². The third kappa shape index (κ3) is 6.60. The molecule has 6 heteroatoms. The minimum absolute atomic E-state index is 0.0585. The molecule has 5 nitrogen and oxygen atoms in total. The molecule has 2 aromatic heterocycles. The number of aromatic nitrogens is 1. The second-order valence-electron chi connectivity index (χ2n) is 7.65. The molecule has 0 fully saturated rings. The lowest BCUT2D eigenvalue weighted by molar-refractivity contribution is -0.116. The zero-order valence-electron chi connectivity index (χ0n) is 18.2. The Morgan fingerprint density at radius 1 is 0.909 bits per heavy atom. The summed E-state index contributed by atoms with van der Waals surface area (Å²) in [5, 5.41) is 4.93. The molecule has 0 aliphatic rings. The Bertz CT molecular complexity index is 1280. The molecular formula is C27H25N3O2S. The molecule has 0 saturated carbocycles. The van der Waals surface area contributed by atoms with E-state index in [4.69, 9.17) is 0 Å². The number of rotatable bonds is 8. The first kappa shape index (κ1) is 22.4. The molecular weight excluding hydrogens is 430 g/mol. The van der Waals surface area contributed by atoms with Crippen LogP contribution in [0.5, 0.6) is 0 Å². The molecule has 0 bridgehead atoms. The number of amides is 2. The molecule has 2 amide bonds. The van der Waals surface area contributed by atoms with Crippen LogP contribution in [0.1, 0.15) is 33.6 Å². The number of anilines is 1. The number of carbonyl (C=O) groups is 2. The van der Waals surface area contributed by atoms with E-state index in [-0.39, 0.29) is 11.8 Å². The minimum atomic E-state index is -0.350. The number of carbonyl (C=O) groups excluding carboxylic acids is 2. The second kappa shape index (κ2) is 11.2. The lowest BCUT2D eigenvalue weighted by Crippen LogP contribution is -2.22. The van der Waals surface area contributed by atoms with Crippen LogP contribution in [0.15, 0.2) is 101 Å². The molecule has 0 atom stereocenters. The summed E-state index contributed by atoms with van der Waals surface area (Å²) in [6.45, 7) is 0.620. The highest BCUT2D eigenvalue weighted by Crippen LogP contribution is 2.14. The predicted octanol–water partition coefficient (Wildman–Crippen LogP) is 5.30. The third-order valence-corrected chi connectivity index (χ3v) is 6.07. The molecule has 2 aromatic carbocycles. The SMILES string of the molecule is O=C(CCCc1cccs1)Nc1cccc(C(=O)N=c2ccccn2Cc2ccccc2)c1. The zero-order valence-corrected chi connectivity index (χ0v) is 19.0. The van der Waals surface area contributed by atoms with Gasteiger partial charge in [-0.25, -0.2) is 0 Å². The molecule has 0 radical (unpaired) electrons. The fourth-order valence-corrected chi connectivity index (χ4v) is 4.23. The van der Waals surface area contributed by atoms with Crippen LogP contribution in [0.2, 0.25) is 0 Å². The quantitative estimate of drug-likeness (QED) is 0.392. The Labute approximate surface area is 197 Å². The van der Waals surface area contributed by atoms with Crippen molar-refractivity contribution < 1.29 is 9.59 Å². The van der Waals surface area contributed by atoms with Gasteiger partial charge in [-0.2, -0.15) is 4.99 Å². The number of benzene rings is 2. The number of nitrogens with one attached hydrogen (secondary N) is 1. The summed E-state index contributed by atoms with van der Waals surface area (Å²) in [7, 11) is 0. The van der Waals surface area contributed by atoms with E-state index >= 15 is 0 Å². The molecule has 2 heterocycles. The molecule has 0 saturated heterocycles. The van der Waals surface area contributed by atoms with Crippen molar-refractivity contribution in [2.24, 2.45) is 4.99 Å². The van der Waals surface area contributed by atoms with Gasteiger partial charge in [0, 0.05) is 35.3 Å². The third-order valence-electron chi connectivity index (χ3n) is 5.13. The Morgan fingerprint density at radius 2 is 1.76 bits per heavy atom. The molecule has 0 aliphatic heterocycles. The summed E-state index contributed by atoms with van der Waals surface area (Å²) in [6, 6.07) is 26.7. The average molecular weight is 456 g/mol. The number of hydrogen-bond donors (Lipinski definition) is 1. The maximum absolute atomic E-state index is 12.9. The molecule has 33 heavy (non-hydrogen) atoms. The number of nitrogens with zero attached hydrogens (tertiary/aromatic N) is 2. The van der Waals surface area contributed by atoms with Crippen molar-refractivity contribution >= 4 is 28.8 Å². The lowest BCUT2D eigenvalue weighted by Gasteiger charge is -2.08. The zero-order chi connectivity index (χ0) is 22.9. The van der Waals surface area contributed by atoms with Gasteiger partial charge >= 0.3 is 0 Å². The van der Waals surface area contributed by atoms with Crippen LogP contribution in [0.3, 0.4) is 0 Å². The molecule has 0 spiro atoms. The topological polar surface area (TPSA) is 63.5 Å². The summed E-state index contributed by atoms with van der Waals surface area (Å²) >= 11 is 1.70. The van der Waals surface area contributed by atoms with Gasteiger partial charge in [-0.15, -0.1) is 11.3 Å². The van der Waals surface area contributed by atoms with Crippen molar-refractivity contribution in [3.8, 4) is 0 Å². The second-order valence-corrected chi connectivity index (χ2v) is 8.68. The molecule has 0 aliphatic carbocycles. The van der Waals surface area contributed by atoms with Gasteiger partial charge in [-0.1, -0.05) is 48.5 Å². The molecule has 0 unspecified atom stereocenters. The van der Waals surface area contributed by atoms with E-state index in [0.29, 0.717) is 29.7 Å². The summed E-state index contributed by atoms with van der Waals surface area (Å²) in [4.78, 5) is 30.8. The normalized spacial score (nSPS) is 11.3. The summed E-state index contributed by atoms with van der Waals surface area (Å²) in [5.41, 5.74) is 2.74. The predicted molar refractivity (Wildman–Crippen MR) is 132 cm³/mol. The van der Waals surface area contributed by atoms with Crippen molar-refractivity contribution in [1.29, 1.82) is 0 Å². The van der Waals surface area contributed by atoms with E-state index in [2.05, 4.69) is 16.4 Å². The summed E-state index contributed by atoms with van der Waals surface area (Å²) in [5.74, 6) is -0.409. The molecule has 1 N–H and O–H groups in total. The lowest BCUT2D eigenvalue weighted by atomic mass is 10.1. The van der Waals surface area contributed by atoms with Crippen LogP contribution in [0.25, 0.3) is 0 Å². The van der Waals surface area contributed by atoms with Gasteiger partial charge < -0.3 is 9.88 Å². The first-order valence-corrected chi connectivity index (χ1v) is 11.8. The van der Waals surface area contributed by atoms with Gasteiger partial charge in [-0.3, -0.25) is 9.59 Å². The Kier molecular flexibility index (Phi) is 7.61. The van der Waals surface area contributed by atoms with E-state index in [0.717, 1.165) is 18.4 Å².